The number of anilines is 2. The lowest BCUT2D eigenvalue weighted by atomic mass is 10.1. The summed E-state index contributed by atoms with van der Waals surface area (Å²) in [5.74, 6) is -0.881. The maximum atomic E-state index is 13.1. The summed E-state index contributed by atoms with van der Waals surface area (Å²) < 4.78 is 54.0. The number of hydrogen-bond donors (Lipinski definition) is 2. The Hall–Kier alpha value is -3.63. The molecule has 0 bridgehead atoms. The van der Waals surface area contributed by atoms with Crippen molar-refractivity contribution >= 4 is 17.3 Å². The fraction of sp³-hybridized carbons (Fsp3) is 0.278. The zero-order valence-corrected chi connectivity index (χ0v) is 14.8. The van der Waals surface area contributed by atoms with Gasteiger partial charge in [-0.15, -0.1) is 5.10 Å². The van der Waals surface area contributed by atoms with E-state index in [1.165, 1.54) is 24.4 Å². The highest BCUT2D eigenvalue weighted by atomic mass is 19.3. The number of alkyl halides is 2. The molecule has 0 saturated heterocycles. The minimum Gasteiger partial charge on any atom is -0.433 e. The van der Waals surface area contributed by atoms with Gasteiger partial charge in [0, 0.05) is 16.7 Å². The van der Waals surface area contributed by atoms with Crippen molar-refractivity contribution in [2.45, 2.75) is 25.5 Å². The van der Waals surface area contributed by atoms with Gasteiger partial charge in [-0.05, 0) is 37.1 Å². The van der Waals surface area contributed by atoms with Crippen LogP contribution < -0.4 is 15.4 Å². The second-order valence-corrected chi connectivity index (χ2v) is 6.24. The average Bonchev–Trinajstić information content (AvgIpc) is 3.45. The number of hydrogen-bond acceptors (Lipinski definition) is 7. The standard InChI is InChI=1S/C18H17F2N7O2/c1-21-17(28)15-13(6-7-23-25-15)24-12-5-2-10(8-14(12)29-18(19)20)16-22-9-27(26-16)11-3-4-11/h2,5-9,11,18H,3-4H2,1H3,(H,21,28)(H,23,24)/i1D3. The molecule has 11 heteroatoms. The zero-order valence-electron chi connectivity index (χ0n) is 17.8. The zero-order chi connectivity index (χ0) is 22.9. The van der Waals surface area contributed by atoms with E-state index in [0.29, 0.717) is 17.4 Å². The van der Waals surface area contributed by atoms with Gasteiger partial charge in [0.15, 0.2) is 11.5 Å². The third kappa shape index (κ3) is 4.13. The molecule has 150 valence electrons. The molecular formula is C18H17F2N7O2. The first-order valence-electron chi connectivity index (χ1n) is 10.1. The number of carbonyl (C=O) groups excluding carboxylic acids is 1. The van der Waals surface area contributed by atoms with Crippen LogP contribution in [0.5, 0.6) is 5.75 Å². The first kappa shape index (κ1) is 15.3. The Kier molecular flexibility index (Phi) is 4.11. The van der Waals surface area contributed by atoms with E-state index in [1.807, 2.05) is 0 Å². The van der Waals surface area contributed by atoms with Crippen LogP contribution in [0.1, 0.15) is 33.5 Å². The first-order chi connectivity index (χ1) is 15.2. The normalized spacial score (nSPS) is 15.3. The predicted molar refractivity (Wildman–Crippen MR) is 99.1 cm³/mol. The van der Waals surface area contributed by atoms with Crippen molar-refractivity contribution in [1.82, 2.24) is 30.3 Å². The largest absolute Gasteiger partial charge is 0.433 e. The van der Waals surface area contributed by atoms with Crippen molar-refractivity contribution in [1.29, 1.82) is 0 Å². The van der Waals surface area contributed by atoms with Crippen LogP contribution in [0, 0.1) is 0 Å². The smallest absolute Gasteiger partial charge is 0.387 e. The molecule has 2 N–H and O–H groups in total. The summed E-state index contributed by atoms with van der Waals surface area (Å²) in [4.78, 5) is 16.5. The molecule has 2 aromatic heterocycles. The Labute approximate surface area is 168 Å². The van der Waals surface area contributed by atoms with Gasteiger partial charge in [-0.25, -0.2) is 9.67 Å². The van der Waals surface area contributed by atoms with Gasteiger partial charge in [0.2, 0.25) is 0 Å². The van der Waals surface area contributed by atoms with Gasteiger partial charge in [0.25, 0.3) is 5.91 Å². The molecule has 1 fully saturated rings. The van der Waals surface area contributed by atoms with Crippen molar-refractivity contribution < 1.29 is 22.4 Å². The molecule has 0 unspecified atom stereocenters. The third-order valence-corrected chi connectivity index (χ3v) is 4.20. The quantitative estimate of drug-likeness (QED) is 0.624. The van der Waals surface area contributed by atoms with Crippen LogP contribution >= 0.6 is 0 Å². The number of nitrogens with one attached hydrogen (secondary N) is 2. The lowest BCUT2D eigenvalue weighted by Gasteiger charge is -2.15. The summed E-state index contributed by atoms with van der Waals surface area (Å²) >= 11 is 0. The van der Waals surface area contributed by atoms with Gasteiger partial charge in [-0.2, -0.15) is 19.0 Å². The molecule has 29 heavy (non-hydrogen) atoms. The van der Waals surface area contributed by atoms with Gasteiger partial charge < -0.3 is 15.4 Å². The molecule has 1 aliphatic rings. The maximum Gasteiger partial charge on any atom is 0.387 e. The molecule has 1 aliphatic carbocycles. The number of aromatic nitrogens is 5. The highest BCUT2D eigenvalue weighted by molar-refractivity contribution is 5.98. The highest BCUT2D eigenvalue weighted by Gasteiger charge is 2.25. The van der Waals surface area contributed by atoms with E-state index in [0.717, 1.165) is 12.8 Å². The number of nitrogens with zero attached hydrogens (tertiary/aromatic N) is 5. The molecule has 0 radical (unpaired) electrons. The second-order valence-electron chi connectivity index (χ2n) is 6.24. The molecule has 0 atom stereocenters. The van der Waals surface area contributed by atoms with Crippen molar-refractivity contribution in [3.63, 3.8) is 0 Å². The number of benzene rings is 1. The van der Waals surface area contributed by atoms with E-state index in [2.05, 4.69) is 30.3 Å². The van der Waals surface area contributed by atoms with Crippen molar-refractivity contribution in [2.75, 3.05) is 12.3 Å². The monoisotopic (exact) mass is 404 g/mol. The summed E-state index contributed by atoms with van der Waals surface area (Å²) in [6, 6.07) is 6.06. The molecule has 1 saturated carbocycles. The lowest BCUT2D eigenvalue weighted by molar-refractivity contribution is -0.0493. The molecule has 1 amide bonds. The number of halogens is 2. The number of amides is 1. The Morgan fingerprint density at radius 1 is 1.34 bits per heavy atom. The Balaban J connectivity index is 1.64. The predicted octanol–water partition coefficient (Wildman–Crippen LogP) is 2.77. The topological polar surface area (TPSA) is 107 Å². The fourth-order valence-corrected chi connectivity index (χ4v) is 2.68. The summed E-state index contributed by atoms with van der Waals surface area (Å²) in [6.45, 7) is -5.86. The SMILES string of the molecule is [2H]C([2H])([2H])NC(=O)c1nnccc1Nc1ccc(-c2ncn(C3CC3)n2)cc1OC(F)F. The summed E-state index contributed by atoms with van der Waals surface area (Å²) in [5.41, 5.74) is 0.260. The number of rotatable bonds is 7. The fourth-order valence-electron chi connectivity index (χ4n) is 2.68. The van der Waals surface area contributed by atoms with Gasteiger partial charge in [-0.3, -0.25) is 4.79 Å². The Morgan fingerprint density at radius 2 is 2.21 bits per heavy atom. The minimum atomic E-state index is -3.11. The van der Waals surface area contributed by atoms with Gasteiger partial charge in [0.1, 0.15) is 12.1 Å². The van der Waals surface area contributed by atoms with Crippen LogP contribution in [0.3, 0.4) is 0 Å². The van der Waals surface area contributed by atoms with Crippen LogP contribution in [0.4, 0.5) is 20.2 Å². The molecule has 1 aromatic carbocycles. The summed E-state index contributed by atoms with van der Waals surface area (Å²) in [7, 11) is 0. The van der Waals surface area contributed by atoms with Crippen molar-refractivity contribution in [3.8, 4) is 17.1 Å². The van der Waals surface area contributed by atoms with Crippen LogP contribution in [0.25, 0.3) is 11.4 Å². The summed E-state index contributed by atoms with van der Waals surface area (Å²) in [5, 5.41) is 16.2. The van der Waals surface area contributed by atoms with E-state index >= 15 is 0 Å². The van der Waals surface area contributed by atoms with Crippen LogP contribution in [-0.2, 0) is 0 Å². The van der Waals surface area contributed by atoms with E-state index in [-0.39, 0.29) is 22.8 Å². The van der Waals surface area contributed by atoms with Crippen molar-refractivity contribution in [3.05, 3.63) is 42.5 Å². The third-order valence-electron chi connectivity index (χ3n) is 4.20. The maximum absolute atomic E-state index is 13.1. The van der Waals surface area contributed by atoms with Gasteiger partial charge >= 0.3 is 6.61 Å². The van der Waals surface area contributed by atoms with Crippen LogP contribution in [0.2, 0.25) is 0 Å². The molecule has 0 spiro atoms. The van der Waals surface area contributed by atoms with Gasteiger partial charge in [-0.1, -0.05) is 0 Å². The lowest BCUT2D eigenvalue weighted by Crippen LogP contribution is -2.21. The molecule has 4 rings (SSSR count). The minimum absolute atomic E-state index is 0.0461. The summed E-state index contributed by atoms with van der Waals surface area (Å²) in [6.07, 6.45) is 4.88. The average molecular weight is 404 g/mol. The number of ether oxygens (including phenoxy) is 1. The molecular weight excluding hydrogens is 384 g/mol. The molecule has 2 heterocycles. The van der Waals surface area contributed by atoms with E-state index in [1.54, 1.807) is 22.4 Å². The van der Waals surface area contributed by atoms with Crippen molar-refractivity contribution in [2.24, 2.45) is 0 Å². The van der Waals surface area contributed by atoms with Gasteiger partial charge in [0.05, 0.1) is 23.6 Å². The Bertz CT molecular complexity index is 1140. The van der Waals surface area contributed by atoms with E-state index < -0.39 is 19.5 Å². The first-order valence-corrected chi connectivity index (χ1v) is 8.61. The van der Waals surface area contributed by atoms with E-state index in [9.17, 15) is 13.6 Å². The van der Waals surface area contributed by atoms with E-state index in [4.69, 9.17) is 4.11 Å². The number of carbonyl (C=O) groups is 1. The van der Waals surface area contributed by atoms with Crippen LogP contribution in [-0.4, -0.2) is 44.5 Å². The second kappa shape index (κ2) is 7.78. The highest BCUT2D eigenvalue weighted by Crippen LogP contribution is 2.36. The Morgan fingerprint density at radius 3 is 2.97 bits per heavy atom. The molecule has 9 nitrogen and oxygen atoms in total. The van der Waals surface area contributed by atoms with Crippen LogP contribution in [0.15, 0.2) is 36.8 Å². The molecule has 3 aromatic rings. The molecule has 0 aliphatic heterocycles.